The van der Waals surface area contributed by atoms with Crippen LogP contribution in [0.4, 0.5) is 5.69 Å². The normalized spacial score (nSPS) is 14.6. The first kappa shape index (κ1) is 32.0. The number of piperazine rings is 1. The van der Waals surface area contributed by atoms with Gasteiger partial charge in [0.05, 0.1) is 0 Å². The summed E-state index contributed by atoms with van der Waals surface area (Å²) < 4.78 is 29.1. The van der Waals surface area contributed by atoms with Gasteiger partial charge in [0.25, 0.3) is 16.1 Å². The molecule has 1 fully saturated rings. The van der Waals surface area contributed by atoms with Crippen LogP contribution in [0.5, 0.6) is 0 Å². The zero-order valence-electron chi connectivity index (χ0n) is 24.0. The van der Waals surface area contributed by atoms with Crippen LogP contribution in [-0.2, 0) is 21.4 Å². The minimum Gasteiger partial charge on any atom is -0.480 e. The van der Waals surface area contributed by atoms with Crippen molar-refractivity contribution in [3.63, 3.8) is 0 Å². The minimum absolute atomic E-state index is 0.237. The van der Waals surface area contributed by atoms with E-state index in [2.05, 4.69) is 31.8 Å². The zero-order valence-corrected chi connectivity index (χ0v) is 25.5. The van der Waals surface area contributed by atoms with E-state index in [4.69, 9.17) is 11.6 Å². The van der Waals surface area contributed by atoms with Gasteiger partial charge in [-0.15, -0.1) is 0 Å². The summed E-state index contributed by atoms with van der Waals surface area (Å²) >= 11 is 5.91. The Kier molecular flexibility index (Phi) is 10.8. The second kappa shape index (κ2) is 14.5. The van der Waals surface area contributed by atoms with Crippen molar-refractivity contribution < 1.29 is 23.1 Å². The lowest BCUT2D eigenvalue weighted by molar-refractivity contribution is -0.140. The number of nitrogens with zero attached hydrogens (tertiary/aromatic N) is 3. The number of pyridine rings is 1. The maximum atomic E-state index is 12.7. The highest BCUT2D eigenvalue weighted by Crippen LogP contribution is 2.19. The lowest BCUT2D eigenvalue weighted by Crippen LogP contribution is -2.55. The number of aliphatic carboxylic acids is 1. The largest absolute Gasteiger partial charge is 0.480 e. The molecule has 10 nitrogen and oxygen atoms in total. The number of anilines is 1. The molecule has 3 aromatic rings. The van der Waals surface area contributed by atoms with E-state index in [1.165, 1.54) is 4.31 Å². The highest BCUT2D eigenvalue weighted by atomic mass is 35.5. The number of aromatic nitrogens is 1. The maximum Gasteiger partial charge on any atom is 0.322 e. The van der Waals surface area contributed by atoms with Crippen LogP contribution in [0, 0.1) is 17.8 Å². The number of carbonyl (C=O) groups excluding carboxylic acids is 1. The summed E-state index contributed by atoms with van der Waals surface area (Å²) in [6, 6.07) is 17.3. The highest BCUT2D eigenvalue weighted by molar-refractivity contribution is 7.87. The number of hydrogen-bond donors (Lipinski definition) is 3. The molecule has 4 rings (SSSR count). The highest BCUT2D eigenvalue weighted by Gasteiger charge is 2.32. The molecule has 1 amide bonds. The van der Waals surface area contributed by atoms with E-state index >= 15 is 0 Å². The Morgan fingerprint density at radius 3 is 2.26 bits per heavy atom. The van der Waals surface area contributed by atoms with E-state index in [1.54, 1.807) is 32.2 Å². The lowest BCUT2D eigenvalue weighted by atomic mass is 10.1. The molecule has 0 radical (unpaired) electrons. The van der Waals surface area contributed by atoms with Crippen molar-refractivity contribution >= 4 is 39.4 Å². The van der Waals surface area contributed by atoms with Crippen LogP contribution >= 0.6 is 11.6 Å². The lowest BCUT2D eigenvalue weighted by Gasteiger charge is -2.36. The van der Waals surface area contributed by atoms with Gasteiger partial charge in [0.2, 0.25) is 0 Å². The molecule has 0 aliphatic carbocycles. The molecule has 1 atom stereocenters. The standard InChI is InChI=1S/C31H34ClN5O5S/c1-22(2)29(31(39)40)35-43(41,42)37-19-17-36(18-20-37)27-11-7-23(8-12-27)3-4-25-14-15-33-28(21-25)30(38)34-16-13-24-5-9-26(32)10-6-24/h5-12,14-15,21-22,29,35H,13,16-20H2,1-2H3,(H,34,38)(H,39,40)/t29-/m1/s1. The van der Waals surface area contributed by atoms with Gasteiger partial charge in [-0.1, -0.05) is 49.4 Å². The van der Waals surface area contributed by atoms with Crippen molar-refractivity contribution in [3.8, 4) is 11.8 Å². The Labute approximate surface area is 257 Å². The molecule has 1 aromatic heterocycles. The fourth-order valence-corrected chi connectivity index (χ4v) is 6.10. The molecule has 0 saturated carbocycles. The van der Waals surface area contributed by atoms with Gasteiger partial charge in [0.1, 0.15) is 11.7 Å². The molecule has 2 aromatic carbocycles. The number of amides is 1. The fraction of sp³-hybridized carbons (Fsp3) is 0.323. The first-order valence-corrected chi connectivity index (χ1v) is 15.7. The smallest absolute Gasteiger partial charge is 0.322 e. The van der Waals surface area contributed by atoms with Crippen molar-refractivity contribution in [2.75, 3.05) is 37.6 Å². The molecule has 0 spiro atoms. The maximum absolute atomic E-state index is 12.7. The average molecular weight is 624 g/mol. The van der Waals surface area contributed by atoms with E-state index in [0.717, 1.165) is 16.8 Å². The number of carboxylic acids is 1. The quantitative estimate of drug-likeness (QED) is 0.296. The predicted molar refractivity (Wildman–Crippen MR) is 166 cm³/mol. The van der Waals surface area contributed by atoms with Crippen molar-refractivity contribution in [1.82, 2.24) is 19.3 Å². The van der Waals surface area contributed by atoms with Crippen LogP contribution in [0.25, 0.3) is 0 Å². The summed E-state index contributed by atoms with van der Waals surface area (Å²) in [5, 5.41) is 12.9. The van der Waals surface area contributed by atoms with Crippen molar-refractivity contribution in [1.29, 1.82) is 0 Å². The number of benzene rings is 2. The number of halogens is 1. The number of nitrogens with one attached hydrogen (secondary N) is 2. The fourth-order valence-electron chi connectivity index (χ4n) is 4.49. The summed E-state index contributed by atoms with van der Waals surface area (Å²) in [4.78, 5) is 30.2. The first-order valence-electron chi connectivity index (χ1n) is 13.9. The molecule has 1 aliphatic rings. The third-order valence-electron chi connectivity index (χ3n) is 6.98. The summed E-state index contributed by atoms with van der Waals surface area (Å²) in [5.41, 5.74) is 3.74. The topological polar surface area (TPSA) is 132 Å². The molecule has 0 unspecified atom stereocenters. The molecule has 226 valence electrons. The van der Waals surface area contributed by atoms with E-state index in [0.29, 0.717) is 36.6 Å². The number of hydrogen-bond acceptors (Lipinski definition) is 6. The van der Waals surface area contributed by atoms with Crippen LogP contribution in [-0.4, -0.2) is 73.5 Å². The van der Waals surface area contributed by atoms with Gasteiger partial charge in [-0.3, -0.25) is 14.6 Å². The first-order chi connectivity index (χ1) is 20.5. The Balaban J connectivity index is 1.30. The molecule has 3 N–H and O–H groups in total. The second-order valence-electron chi connectivity index (χ2n) is 10.4. The third kappa shape index (κ3) is 9.02. The Bertz CT molecular complexity index is 1590. The van der Waals surface area contributed by atoms with Crippen LogP contribution < -0.4 is 14.9 Å². The predicted octanol–water partition coefficient (Wildman–Crippen LogP) is 3.17. The SMILES string of the molecule is CC(C)[C@@H](NS(=O)(=O)N1CCN(c2ccc(C#Cc3ccnc(C(=O)NCCc4ccc(Cl)cc4)c3)cc2)CC1)C(=O)O. The molecule has 1 saturated heterocycles. The molecule has 2 heterocycles. The molecule has 43 heavy (non-hydrogen) atoms. The van der Waals surface area contributed by atoms with E-state index in [9.17, 15) is 23.1 Å². The Morgan fingerprint density at radius 2 is 1.63 bits per heavy atom. The van der Waals surface area contributed by atoms with E-state index in [-0.39, 0.29) is 30.6 Å². The van der Waals surface area contributed by atoms with Gasteiger partial charge >= 0.3 is 5.97 Å². The Morgan fingerprint density at radius 1 is 0.977 bits per heavy atom. The zero-order chi connectivity index (χ0) is 31.0. The van der Waals surface area contributed by atoms with Crippen molar-refractivity contribution in [2.24, 2.45) is 5.92 Å². The van der Waals surface area contributed by atoms with Gasteiger partial charge in [0, 0.05) is 60.8 Å². The van der Waals surface area contributed by atoms with Gasteiger partial charge in [0.15, 0.2) is 0 Å². The summed E-state index contributed by atoms with van der Waals surface area (Å²) in [7, 11) is -3.92. The van der Waals surface area contributed by atoms with Crippen molar-refractivity contribution in [3.05, 3.63) is 94.3 Å². The average Bonchev–Trinajstić information content (AvgIpc) is 3.00. The van der Waals surface area contributed by atoms with Crippen LogP contribution in [0.2, 0.25) is 5.02 Å². The van der Waals surface area contributed by atoms with Crippen molar-refractivity contribution in [2.45, 2.75) is 26.3 Å². The van der Waals surface area contributed by atoms with Crippen LogP contribution in [0.1, 0.15) is 41.0 Å². The third-order valence-corrected chi connectivity index (χ3v) is 8.82. The molecular formula is C31H34ClN5O5S. The molecular weight excluding hydrogens is 590 g/mol. The van der Waals surface area contributed by atoms with Gasteiger partial charge in [-0.25, -0.2) is 0 Å². The second-order valence-corrected chi connectivity index (χ2v) is 12.6. The van der Waals surface area contributed by atoms with Gasteiger partial charge < -0.3 is 15.3 Å². The summed E-state index contributed by atoms with van der Waals surface area (Å²) in [6.45, 7) is 5.19. The monoisotopic (exact) mass is 623 g/mol. The summed E-state index contributed by atoms with van der Waals surface area (Å²) in [6.07, 6.45) is 2.23. The minimum atomic E-state index is -3.92. The summed E-state index contributed by atoms with van der Waals surface area (Å²) in [5.74, 6) is 4.33. The van der Waals surface area contributed by atoms with E-state index in [1.807, 2.05) is 48.5 Å². The van der Waals surface area contributed by atoms with Crippen LogP contribution in [0.3, 0.4) is 0 Å². The molecule has 12 heteroatoms. The van der Waals surface area contributed by atoms with E-state index < -0.39 is 22.2 Å². The molecule has 1 aliphatic heterocycles. The van der Waals surface area contributed by atoms with Crippen LogP contribution in [0.15, 0.2) is 66.9 Å². The number of carbonyl (C=O) groups is 2. The van der Waals surface area contributed by atoms with Gasteiger partial charge in [-0.05, 0) is 66.4 Å². The molecule has 0 bridgehead atoms. The Hall–Kier alpha value is -3.95. The number of carboxylic acid groups (broad SMARTS) is 1. The number of rotatable bonds is 10. The van der Waals surface area contributed by atoms with Gasteiger partial charge in [-0.2, -0.15) is 17.4 Å².